The maximum Gasteiger partial charge on any atom is 0.254 e. The number of hydrogen-bond donors (Lipinski definition) is 0. The zero-order valence-corrected chi connectivity index (χ0v) is 20.5. The van der Waals surface area contributed by atoms with Gasteiger partial charge in [0.2, 0.25) is 5.88 Å². The third-order valence-electron chi connectivity index (χ3n) is 7.00. The van der Waals surface area contributed by atoms with Crippen LogP contribution in [0.4, 0.5) is 0 Å². The molecule has 4 heterocycles. The Bertz CT molecular complexity index is 1600. The van der Waals surface area contributed by atoms with E-state index < -0.39 is 0 Å². The third-order valence-corrected chi connectivity index (χ3v) is 7.00. The van der Waals surface area contributed by atoms with Gasteiger partial charge in [0.05, 0.1) is 18.3 Å². The minimum absolute atomic E-state index is 0.0225. The van der Waals surface area contributed by atoms with Gasteiger partial charge >= 0.3 is 0 Å². The van der Waals surface area contributed by atoms with Gasteiger partial charge in [-0.05, 0) is 30.7 Å². The van der Waals surface area contributed by atoms with E-state index in [-0.39, 0.29) is 12.0 Å². The fourth-order valence-electron chi connectivity index (χ4n) is 5.04. The Hall–Kier alpha value is -4.27. The van der Waals surface area contributed by atoms with Crippen LogP contribution >= 0.6 is 0 Å². The lowest BCUT2D eigenvalue weighted by molar-refractivity contribution is 0.0773. The molecule has 1 amide bonds. The third kappa shape index (κ3) is 3.59. The van der Waals surface area contributed by atoms with E-state index in [1.54, 1.807) is 0 Å². The van der Waals surface area contributed by atoms with Crippen LogP contribution in [0.5, 0.6) is 5.88 Å². The number of likely N-dealkylation sites (tertiary alicyclic amines) is 1. The number of carbonyl (C=O) groups is 1. The SMILES string of the molecule is CCn1ncc(-c2nc3c(OC4CCN(C(=O)c5cccc6ccccc56)C4)ncnc3n2C)c1C. The second kappa shape index (κ2) is 8.75. The molecule has 1 saturated heterocycles. The maximum absolute atomic E-state index is 13.4. The van der Waals surface area contributed by atoms with Crippen molar-refractivity contribution in [2.45, 2.75) is 32.9 Å². The summed E-state index contributed by atoms with van der Waals surface area (Å²) in [5.74, 6) is 1.23. The van der Waals surface area contributed by atoms with Gasteiger partial charge in [-0.25, -0.2) is 9.97 Å². The second-order valence-corrected chi connectivity index (χ2v) is 9.11. The number of nitrogens with zero attached hydrogens (tertiary/aromatic N) is 7. The van der Waals surface area contributed by atoms with Crippen LogP contribution < -0.4 is 4.74 Å². The van der Waals surface area contributed by atoms with Gasteiger partial charge in [-0.1, -0.05) is 36.4 Å². The lowest BCUT2D eigenvalue weighted by Crippen LogP contribution is -2.31. The molecule has 3 aromatic heterocycles. The molecule has 1 atom stereocenters. The molecular weight excluding hydrogens is 454 g/mol. The van der Waals surface area contributed by atoms with Crippen LogP contribution in [0.25, 0.3) is 33.3 Å². The van der Waals surface area contributed by atoms with E-state index in [0.29, 0.717) is 30.1 Å². The van der Waals surface area contributed by atoms with Crippen molar-refractivity contribution in [3.63, 3.8) is 0 Å². The maximum atomic E-state index is 13.4. The van der Waals surface area contributed by atoms with Gasteiger partial charge < -0.3 is 14.2 Å². The van der Waals surface area contributed by atoms with Gasteiger partial charge in [0, 0.05) is 37.8 Å². The molecule has 6 rings (SSSR count). The molecule has 1 unspecified atom stereocenters. The summed E-state index contributed by atoms with van der Waals surface area (Å²) in [6, 6.07) is 13.8. The molecule has 9 heteroatoms. The van der Waals surface area contributed by atoms with Crippen LogP contribution in [0, 0.1) is 6.92 Å². The number of fused-ring (bicyclic) bond motifs is 2. The van der Waals surface area contributed by atoms with Gasteiger partial charge in [0.1, 0.15) is 18.3 Å². The molecule has 1 fully saturated rings. The number of benzene rings is 2. The van der Waals surface area contributed by atoms with Crippen LogP contribution in [-0.2, 0) is 13.6 Å². The molecule has 0 radical (unpaired) electrons. The van der Waals surface area contributed by atoms with Crippen molar-refractivity contribution in [2.24, 2.45) is 7.05 Å². The molecule has 0 aliphatic carbocycles. The number of imidazole rings is 1. The van der Waals surface area contributed by atoms with Crippen molar-refractivity contribution < 1.29 is 9.53 Å². The Balaban J connectivity index is 1.25. The summed E-state index contributed by atoms with van der Waals surface area (Å²) >= 11 is 0. The van der Waals surface area contributed by atoms with E-state index in [0.717, 1.165) is 46.4 Å². The largest absolute Gasteiger partial charge is 0.471 e. The summed E-state index contributed by atoms with van der Waals surface area (Å²) in [4.78, 5) is 28.9. The quantitative estimate of drug-likeness (QED) is 0.377. The van der Waals surface area contributed by atoms with Crippen molar-refractivity contribution in [1.82, 2.24) is 34.2 Å². The highest BCUT2D eigenvalue weighted by Gasteiger charge is 2.30. The minimum atomic E-state index is -0.169. The van der Waals surface area contributed by atoms with Crippen LogP contribution in [0.15, 0.2) is 55.0 Å². The van der Waals surface area contributed by atoms with E-state index in [9.17, 15) is 4.79 Å². The van der Waals surface area contributed by atoms with Crippen LogP contribution in [-0.4, -0.2) is 59.3 Å². The molecule has 0 bridgehead atoms. The smallest absolute Gasteiger partial charge is 0.254 e. The number of hydrogen-bond acceptors (Lipinski definition) is 6. The van der Waals surface area contributed by atoms with Gasteiger partial charge in [-0.3, -0.25) is 9.48 Å². The molecule has 0 saturated carbocycles. The zero-order valence-electron chi connectivity index (χ0n) is 20.5. The molecule has 9 nitrogen and oxygen atoms in total. The van der Waals surface area contributed by atoms with Crippen molar-refractivity contribution in [3.05, 3.63) is 66.2 Å². The van der Waals surface area contributed by atoms with Crippen molar-refractivity contribution in [3.8, 4) is 17.3 Å². The Morgan fingerprint density at radius 1 is 1.14 bits per heavy atom. The first kappa shape index (κ1) is 22.2. The molecular formula is C27H27N7O2. The molecule has 2 aromatic carbocycles. The normalized spacial score (nSPS) is 15.8. The average Bonchev–Trinajstić information content (AvgIpc) is 3.61. The Morgan fingerprint density at radius 3 is 2.81 bits per heavy atom. The highest BCUT2D eigenvalue weighted by Crippen LogP contribution is 2.30. The van der Waals surface area contributed by atoms with E-state index in [2.05, 4.69) is 22.0 Å². The number of carbonyl (C=O) groups excluding carboxylic acids is 1. The van der Waals surface area contributed by atoms with Crippen molar-refractivity contribution in [1.29, 1.82) is 0 Å². The first-order valence-electron chi connectivity index (χ1n) is 12.2. The van der Waals surface area contributed by atoms with E-state index in [4.69, 9.17) is 9.72 Å². The van der Waals surface area contributed by atoms with Crippen molar-refractivity contribution in [2.75, 3.05) is 13.1 Å². The molecule has 0 spiro atoms. The Morgan fingerprint density at radius 2 is 1.97 bits per heavy atom. The number of ether oxygens (including phenoxy) is 1. The highest BCUT2D eigenvalue weighted by molar-refractivity contribution is 6.07. The number of aryl methyl sites for hydroxylation is 2. The molecule has 1 aliphatic heterocycles. The Kier molecular flexibility index (Phi) is 5.40. The first-order valence-corrected chi connectivity index (χ1v) is 12.2. The molecule has 1 aliphatic rings. The summed E-state index contributed by atoms with van der Waals surface area (Å²) in [6.07, 6.45) is 3.89. The lowest BCUT2D eigenvalue weighted by Gasteiger charge is -2.18. The van der Waals surface area contributed by atoms with E-state index >= 15 is 0 Å². The molecule has 0 N–H and O–H groups in total. The second-order valence-electron chi connectivity index (χ2n) is 9.11. The summed E-state index contributed by atoms with van der Waals surface area (Å²) < 4.78 is 10.2. The summed E-state index contributed by atoms with van der Waals surface area (Å²) in [6.45, 7) is 6.01. The average molecular weight is 482 g/mol. The topological polar surface area (TPSA) is 91.0 Å². The number of aromatic nitrogens is 6. The number of rotatable bonds is 5. The number of amides is 1. The predicted molar refractivity (Wildman–Crippen MR) is 137 cm³/mol. The van der Waals surface area contributed by atoms with Gasteiger partial charge in [-0.2, -0.15) is 10.1 Å². The zero-order chi connectivity index (χ0) is 24.8. The standard InChI is InChI=1S/C27H27N7O2/c1-4-34-17(2)22(14-30-34)24-31-23-25(32(24)3)28-16-29-26(23)36-19-12-13-33(15-19)27(35)21-11-7-9-18-8-5-6-10-20(18)21/h5-11,14,16,19H,4,12-13,15H2,1-3H3. The summed E-state index contributed by atoms with van der Waals surface area (Å²) in [5, 5.41) is 6.48. The molecule has 5 aromatic rings. The monoisotopic (exact) mass is 481 g/mol. The van der Waals surface area contributed by atoms with E-state index in [1.165, 1.54) is 6.33 Å². The van der Waals surface area contributed by atoms with Gasteiger partial charge in [0.25, 0.3) is 5.91 Å². The van der Waals surface area contributed by atoms with Crippen LogP contribution in [0.3, 0.4) is 0 Å². The van der Waals surface area contributed by atoms with E-state index in [1.807, 2.05) is 76.8 Å². The minimum Gasteiger partial charge on any atom is -0.471 e. The van der Waals surface area contributed by atoms with Gasteiger partial charge in [0.15, 0.2) is 11.2 Å². The first-order chi connectivity index (χ1) is 17.5. The Labute approximate surface area is 208 Å². The predicted octanol–water partition coefficient (Wildman–Crippen LogP) is 4.00. The fourth-order valence-corrected chi connectivity index (χ4v) is 5.04. The highest BCUT2D eigenvalue weighted by atomic mass is 16.5. The molecule has 182 valence electrons. The molecule has 36 heavy (non-hydrogen) atoms. The van der Waals surface area contributed by atoms with Crippen molar-refractivity contribution >= 4 is 27.8 Å². The summed E-state index contributed by atoms with van der Waals surface area (Å²) in [5.41, 5.74) is 4.02. The van der Waals surface area contributed by atoms with Gasteiger partial charge in [-0.15, -0.1) is 0 Å². The van der Waals surface area contributed by atoms with Crippen LogP contribution in [0.2, 0.25) is 0 Å². The lowest BCUT2D eigenvalue weighted by atomic mass is 10.0. The summed E-state index contributed by atoms with van der Waals surface area (Å²) in [7, 11) is 1.93. The fraction of sp³-hybridized carbons (Fsp3) is 0.296. The van der Waals surface area contributed by atoms with Crippen LogP contribution in [0.1, 0.15) is 29.4 Å².